The van der Waals surface area contributed by atoms with Gasteiger partial charge in [-0.15, -0.1) is 0 Å². The van der Waals surface area contributed by atoms with Gasteiger partial charge in [0.25, 0.3) is 11.8 Å². The van der Waals surface area contributed by atoms with Crippen LogP contribution in [-0.4, -0.2) is 40.6 Å². The van der Waals surface area contributed by atoms with E-state index in [1.165, 1.54) is 29.7 Å². The third-order valence-electron chi connectivity index (χ3n) is 3.63. The number of carbonyl (C=O) groups excluding carboxylic acids is 2. The van der Waals surface area contributed by atoms with Crippen molar-refractivity contribution < 1.29 is 22.8 Å². The first-order valence-electron chi connectivity index (χ1n) is 7.26. The highest BCUT2D eigenvalue weighted by Crippen LogP contribution is 2.30. The molecule has 0 fully saturated rings. The predicted octanol–water partition coefficient (Wildman–Crippen LogP) is 2.70. The van der Waals surface area contributed by atoms with E-state index in [2.05, 4.69) is 10.4 Å². The van der Waals surface area contributed by atoms with E-state index in [-0.39, 0.29) is 16.9 Å². The summed E-state index contributed by atoms with van der Waals surface area (Å²) in [6.45, 7) is 1.64. The number of hydrogen-bond donors (Lipinski definition) is 1. The lowest BCUT2D eigenvalue weighted by atomic mass is 10.1. The highest BCUT2D eigenvalue weighted by molar-refractivity contribution is 6.08. The maximum Gasteiger partial charge on any atom is 0.416 e. The number of alkyl halides is 3. The van der Waals surface area contributed by atoms with Crippen LogP contribution in [0.2, 0.25) is 0 Å². The zero-order chi connectivity index (χ0) is 18.9. The molecule has 9 heteroatoms. The molecule has 2 amide bonds. The Morgan fingerprint density at radius 3 is 2.44 bits per heavy atom. The molecule has 0 atom stereocenters. The van der Waals surface area contributed by atoms with Crippen LogP contribution < -0.4 is 5.32 Å². The third kappa shape index (κ3) is 3.81. The molecule has 1 aromatic carbocycles. The van der Waals surface area contributed by atoms with E-state index in [0.29, 0.717) is 5.69 Å². The molecule has 0 bridgehead atoms. The number of amides is 2. The van der Waals surface area contributed by atoms with E-state index in [0.717, 1.165) is 18.2 Å². The largest absolute Gasteiger partial charge is 0.416 e. The minimum atomic E-state index is -4.55. The Balaban J connectivity index is 2.38. The molecule has 1 aromatic heterocycles. The van der Waals surface area contributed by atoms with Crippen molar-refractivity contribution in [1.29, 1.82) is 0 Å². The van der Waals surface area contributed by atoms with E-state index in [1.54, 1.807) is 14.0 Å². The van der Waals surface area contributed by atoms with Gasteiger partial charge in [-0.2, -0.15) is 18.3 Å². The number of carbonyl (C=O) groups is 2. The summed E-state index contributed by atoms with van der Waals surface area (Å²) in [5.41, 5.74) is -0.395. The zero-order valence-electron chi connectivity index (χ0n) is 14.1. The van der Waals surface area contributed by atoms with Crippen molar-refractivity contribution in [2.24, 2.45) is 7.05 Å². The average Bonchev–Trinajstić information content (AvgIpc) is 2.81. The van der Waals surface area contributed by atoms with E-state index < -0.39 is 23.6 Å². The Bertz CT molecular complexity index is 825. The highest BCUT2D eigenvalue weighted by atomic mass is 19.4. The summed E-state index contributed by atoms with van der Waals surface area (Å²) in [6.07, 6.45) is -4.55. The van der Waals surface area contributed by atoms with E-state index in [1.807, 2.05) is 0 Å². The van der Waals surface area contributed by atoms with Gasteiger partial charge in [-0.3, -0.25) is 14.3 Å². The monoisotopic (exact) mass is 354 g/mol. The zero-order valence-corrected chi connectivity index (χ0v) is 14.1. The minimum Gasteiger partial charge on any atom is -0.343 e. The average molecular weight is 354 g/mol. The summed E-state index contributed by atoms with van der Waals surface area (Å²) in [4.78, 5) is 25.8. The Morgan fingerprint density at radius 2 is 1.88 bits per heavy atom. The Morgan fingerprint density at radius 1 is 1.24 bits per heavy atom. The topological polar surface area (TPSA) is 67.2 Å². The summed E-state index contributed by atoms with van der Waals surface area (Å²) >= 11 is 0. The highest BCUT2D eigenvalue weighted by Gasteiger charge is 2.31. The number of anilines is 1. The molecule has 1 N–H and O–H groups in total. The van der Waals surface area contributed by atoms with E-state index >= 15 is 0 Å². The van der Waals surface area contributed by atoms with Crippen LogP contribution in [0.4, 0.5) is 18.9 Å². The molecule has 0 spiro atoms. The molecular formula is C16H17F3N4O2. The van der Waals surface area contributed by atoms with E-state index in [4.69, 9.17) is 0 Å². The van der Waals surface area contributed by atoms with Gasteiger partial charge in [-0.25, -0.2) is 0 Å². The lowest BCUT2D eigenvalue weighted by Crippen LogP contribution is -2.24. The molecule has 0 aliphatic heterocycles. The quantitative estimate of drug-likeness (QED) is 0.922. The van der Waals surface area contributed by atoms with Crippen molar-refractivity contribution in [2.45, 2.75) is 13.1 Å². The normalized spacial score (nSPS) is 11.3. The van der Waals surface area contributed by atoms with Crippen molar-refractivity contribution in [1.82, 2.24) is 14.7 Å². The van der Waals surface area contributed by atoms with Gasteiger partial charge in [0.1, 0.15) is 0 Å². The number of nitrogens with one attached hydrogen (secondary N) is 1. The molecule has 0 unspecified atom stereocenters. The lowest BCUT2D eigenvalue weighted by Gasteiger charge is -2.12. The standard InChI is InChI=1S/C16H17F3N4O2/c1-9-12(13(21-23(9)4)15(25)22(2)3)20-14(24)10-6-5-7-11(8-10)16(17,18)19/h5-8H,1-4H3,(H,20,24). The second kappa shape index (κ2) is 6.58. The number of nitrogens with zero attached hydrogens (tertiary/aromatic N) is 3. The van der Waals surface area contributed by atoms with Crippen LogP contribution in [0.25, 0.3) is 0 Å². The minimum absolute atomic E-state index is 0.0188. The van der Waals surface area contributed by atoms with Gasteiger partial charge in [0.2, 0.25) is 0 Å². The van der Waals surface area contributed by atoms with Crippen LogP contribution in [0, 0.1) is 6.92 Å². The molecule has 0 radical (unpaired) electrons. The van der Waals surface area contributed by atoms with Crippen LogP contribution in [0.1, 0.15) is 32.1 Å². The fourth-order valence-electron chi connectivity index (χ4n) is 2.14. The maximum absolute atomic E-state index is 12.8. The number of aromatic nitrogens is 2. The molecule has 6 nitrogen and oxygen atoms in total. The molecule has 1 heterocycles. The first-order valence-corrected chi connectivity index (χ1v) is 7.26. The summed E-state index contributed by atoms with van der Waals surface area (Å²) in [5, 5.41) is 6.56. The van der Waals surface area contributed by atoms with Crippen molar-refractivity contribution in [3.8, 4) is 0 Å². The molecule has 0 aliphatic carbocycles. The molecule has 134 valence electrons. The first kappa shape index (κ1) is 18.5. The van der Waals surface area contributed by atoms with Crippen LogP contribution in [0.3, 0.4) is 0 Å². The molecule has 0 saturated heterocycles. The summed E-state index contributed by atoms with van der Waals surface area (Å²) in [6, 6.07) is 4.06. The fraction of sp³-hybridized carbons (Fsp3) is 0.312. The van der Waals surface area contributed by atoms with Crippen LogP contribution in [0.5, 0.6) is 0 Å². The van der Waals surface area contributed by atoms with E-state index in [9.17, 15) is 22.8 Å². The van der Waals surface area contributed by atoms with Crippen molar-refractivity contribution in [3.63, 3.8) is 0 Å². The third-order valence-corrected chi connectivity index (χ3v) is 3.63. The Labute approximate surface area is 142 Å². The summed E-state index contributed by atoms with van der Waals surface area (Å²) < 4.78 is 39.8. The van der Waals surface area contributed by atoms with Crippen molar-refractivity contribution in [3.05, 3.63) is 46.8 Å². The number of halogens is 3. The van der Waals surface area contributed by atoms with Gasteiger partial charge in [0.05, 0.1) is 16.9 Å². The van der Waals surface area contributed by atoms with Crippen molar-refractivity contribution >= 4 is 17.5 Å². The lowest BCUT2D eigenvalue weighted by molar-refractivity contribution is -0.137. The second-order valence-corrected chi connectivity index (χ2v) is 5.66. The molecule has 0 aliphatic rings. The van der Waals surface area contributed by atoms with Crippen LogP contribution >= 0.6 is 0 Å². The molecule has 2 aromatic rings. The molecule has 2 rings (SSSR count). The van der Waals surface area contributed by atoms with Gasteiger partial charge in [0, 0.05) is 26.7 Å². The maximum atomic E-state index is 12.8. The number of rotatable bonds is 3. The Hall–Kier alpha value is -2.84. The van der Waals surface area contributed by atoms with Gasteiger partial charge >= 0.3 is 6.18 Å². The first-order chi connectivity index (χ1) is 11.5. The molecule has 25 heavy (non-hydrogen) atoms. The predicted molar refractivity (Wildman–Crippen MR) is 85.4 cm³/mol. The van der Waals surface area contributed by atoms with Gasteiger partial charge in [-0.05, 0) is 25.1 Å². The SMILES string of the molecule is Cc1c(NC(=O)c2cccc(C(F)(F)F)c2)c(C(=O)N(C)C)nn1C. The van der Waals surface area contributed by atoms with Gasteiger partial charge in [0.15, 0.2) is 5.69 Å². The number of hydrogen-bond acceptors (Lipinski definition) is 3. The smallest absolute Gasteiger partial charge is 0.343 e. The molecular weight excluding hydrogens is 337 g/mol. The van der Waals surface area contributed by atoms with Gasteiger partial charge in [-0.1, -0.05) is 6.07 Å². The number of aryl methyl sites for hydroxylation is 1. The van der Waals surface area contributed by atoms with Crippen LogP contribution in [-0.2, 0) is 13.2 Å². The van der Waals surface area contributed by atoms with Gasteiger partial charge < -0.3 is 10.2 Å². The molecule has 0 saturated carbocycles. The second-order valence-electron chi connectivity index (χ2n) is 5.66. The fourth-order valence-corrected chi connectivity index (χ4v) is 2.14. The number of benzene rings is 1. The summed E-state index contributed by atoms with van der Waals surface area (Å²) in [5.74, 6) is -1.18. The van der Waals surface area contributed by atoms with Crippen molar-refractivity contribution in [2.75, 3.05) is 19.4 Å². The Kier molecular flexibility index (Phi) is 4.87. The van der Waals surface area contributed by atoms with Crippen LogP contribution in [0.15, 0.2) is 24.3 Å². The summed E-state index contributed by atoms with van der Waals surface area (Å²) in [7, 11) is 4.66.